The van der Waals surface area contributed by atoms with Crippen LogP contribution >= 0.6 is 15.9 Å². The topological polar surface area (TPSA) is 89.3 Å². The maximum absolute atomic E-state index is 13.7. The lowest BCUT2D eigenvalue weighted by molar-refractivity contribution is -0.116. The van der Waals surface area contributed by atoms with Crippen LogP contribution in [0.15, 0.2) is 46.9 Å². The van der Waals surface area contributed by atoms with E-state index >= 15 is 0 Å². The maximum atomic E-state index is 13.7. The summed E-state index contributed by atoms with van der Waals surface area (Å²) in [4.78, 5) is 12.0. The number of amides is 1. The van der Waals surface area contributed by atoms with Gasteiger partial charge in [0.1, 0.15) is 5.82 Å². The zero-order chi connectivity index (χ0) is 17.7. The minimum absolute atomic E-state index is 0.109. The molecule has 5 nitrogen and oxygen atoms in total. The van der Waals surface area contributed by atoms with Gasteiger partial charge in [0.2, 0.25) is 15.9 Å². The molecule has 2 rings (SSSR count). The number of sulfonamides is 1. The largest absolute Gasteiger partial charge is 0.326 e. The third-order valence-corrected chi connectivity index (χ3v) is 4.44. The van der Waals surface area contributed by atoms with E-state index in [1.807, 2.05) is 0 Å². The molecule has 2 aromatic rings. The van der Waals surface area contributed by atoms with E-state index in [2.05, 4.69) is 21.2 Å². The number of nitrogens with two attached hydrogens (primary N) is 1. The smallest absolute Gasteiger partial charge is 0.224 e. The van der Waals surface area contributed by atoms with Crippen molar-refractivity contribution >= 4 is 37.5 Å². The highest BCUT2D eigenvalue weighted by Gasteiger charge is 2.09. The first-order valence-corrected chi connectivity index (χ1v) is 9.57. The monoisotopic (exact) mass is 414 g/mol. The molecule has 0 aliphatic heterocycles. The van der Waals surface area contributed by atoms with Gasteiger partial charge >= 0.3 is 0 Å². The first kappa shape index (κ1) is 18.6. The van der Waals surface area contributed by atoms with Crippen LogP contribution in [0.25, 0.3) is 0 Å². The predicted molar refractivity (Wildman–Crippen MR) is 94.3 cm³/mol. The van der Waals surface area contributed by atoms with Gasteiger partial charge in [-0.3, -0.25) is 4.79 Å². The maximum Gasteiger partial charge on any atom is 0.224 e. The highest BCUT2D eigenvalue weighted by atomic mass is 79.9. The van der Waals surface area contributed by atoms with Crippen LogP contribution in [0.5, 0.6) is 0 Å². The first-order valence-electron chi connectivity index (χ1n) is 7.06. The fourth-order valence-corrected chi connectivity index (χ4v) is 3.14. The van der Waals surface area contributed by atoms with E-state index < -0.39 is 10.0 Å². The molecule has 0 atom stereocenters. The van der Waals surface area contributed by atoms with E-state index in [9.17, 15) is 17.6 Å². The molecule has 0 heterocycles. The SMILES string of the molecule is NS(=O)(=O)Cc1cccc(NC(=O)CCc2ccc(Br)cc2F)c1. The summed E-state index contributed by atoms with van der Waals surface area (Å²) in [6.07, 6.45) is 0.375. The highest BCUT2D eigenvalue weighted by Crippen LogP contribution is 2.17. The number of aryl methyl sites for hydroxylation is 1. The van der Waals surface area contributed by atoms with Gasteiger partial charge in [-0.05, 0) is 41.8 Å². The van der Waals surface area contributed by atoms with Crippen LogP contribution in [0, 0.1) is 5.82 Å². The van der Waals surface area contributed by atoms with E-state index in [1.54, 1.807) is 36.4 Å². The molecule has 8 heteroatoms. The molecule has 0 saturated carbocycles. The van der Waals surface area contributed by atoms with Crippen LogP contribution in [-0.2, 0) is 27.0 Å². The minimum Gasteiger partial charge on any atom is -0.326 e. The Morgan fingerprint density at radius 2 is 1.96 bits per heavy atom. The number of hydrogen-bond donors (Lipinski definition) is 2. The van der Waals surface area contributed by atoms with Crippen LogP contribution in [0.2, 0.25) is 0 Å². The molecular formula is C16H16BrFN2O3S. The Morgan fingerprint density at radius 1 is 1.21 bits per heavy atom. The van der Waals surface area contributed by atoms with Crippen LogP contribution in [0.1, 0.15) is 17.5 Å². The average Bonchev–Trinajstić information content (AvgIpc) is 2.45. The standard InChI is InChI=1S/C16H16BrFN2O3S/c17-13-6-4-12(15(18)9-13)5-7-16(21)20-14-3-1-2-11(8-14)10-24(19,22)23/h1-4,6,8-9H,5,7,10H2,(H,20,21)(H2,19,22,23). The minimum atomic E-state index is -3.64. The second-order valence-corrected chi connectivity index (χ2v) is 7.82. The lowest BCUT2D eigenvalue weighted by Gasteiger charge is -2.08. The second-order valence-electron chi connectivity index (χ2n) is 5.29. The number of halogens is 2. The summed E-state index contributed by atoms with van der Waals surface area (Å²) in [5, 5.41) is 7.66. The Labute approximate surface area is 148 Å². The van der Waals surface area contributed by atoms with Crippen molar-refractivity contribution in [3.63, 3.8) is 0 Å². The number of rotatable bonds is 6. The molecule has 0 aromatic heterocycles. The van der Waals surface area contributed by atoms with Crippen molar-refractivity contribution < 1.29 is 17.6 Å². The molecule has 1 amide bonds. The summed E-state index contributed by atoms with van der Waals surface area (Å²) in [6, 6.07) is 11.1. The fourth-order valence-electron chi connectivity index (χ4n) is 2.17. The molecule has 0 unspecified atom stereocenters. The van der Waals surface area contributed by atoms with Gasteiger partial charge in [0.15, 0.2) is 0 Å². The third kappa shape index (κ3) is 6.03. The van der Waals surface area contributed by atoms with E-state index in [1.165, 1.54) is 6.07 Å². The molecule has 24 heavy (non-hydrogen) atoms. The Morgan fingerprint density at radius 3 is 2.62 bits per heavy atom. The van der Waals surface area contributed by atoms with Gasteiger partial charge in [0.25, 0.3) is 0 Å². The molecule has 0 fully saturated rings. The Kier molecular flexibility index (Phi) is 6.09. The lowest BCUT2D eigenvalue weighted by Crippen LogP contribution is -2.15. The molecule has 2 aromatic carbocycles. The number of carbonyl (C=O) groups is 1. The zero-order valence-electron chi connectivity index (χ0n) is 12.6. The van der Waals surface area contributed by atoms with Gasteiger partial charge in [-0.25, -0.2) is 17.9 Å². The van der Waals surface area contributed by atoms with Gasteiger partial charge in [-0.2, -0.15) is 0 Å². The van der Waals surface area contributed by atoms with Gasteiger partial charge in [-0.15, -0.1) is 0 Å². The van der Waals surface area contributed by atoms with Crippen molar-refractivity contribution in [3.05, 3.63) is 63.9 Å². The summed E-state index contributed by atoms with van der Waals surface area (Å²) in [7, 11) is -3.64. The fraction of sp³-hybridized carbons (Fsp3) is 0.188. The molecule has 0 aliphatic rings. The van der Waals surface area contributed by atoms with Gasteiger partial charge in [0.05, 0.1) is 5.75 Å². The van der Waals surface area contributed by atoms with E-state index in [0.29, 0.717) is 21.3 Å². The van der Waals surface area contributed by atoms with Crippen molar-refractivity contribution in [2.45, 2.75) is 18.6 Å². The second kappa shape index (κ2) is 7.87. The van der Waals surface area contributed by atoms with Crippen molar-refractivity contribution in [1.82, 2.24) is 0 Å². The van der Waals surface area contributed by atoms with Crippen LogP contribution in [0.3, 0.4) is 0 Å². The molecule has 0 radical (unpaired) electrons. The molecule has 3 N–H and O–H groups in total. The molecule has 0 saturated heterocycles. The third-order valence-electron chi connectivity index (χ3n) is 3.22. The van der Waals surface area contributed by atoms with Crippen LogP contribution in [0.4, 0.5) is 10.1 Å². The van der Waals surface area contributed by atoms with Crippen molar-refractivity contribution in [3.8, 4) is 0 Å². The van der Waals surface area contributed by atoms with Crippen molar-refractivity contribution in [1.29, 1.82) is 0 Å². The molecule has 0 aliphatic carbocycles. The molecule has 0 spiro atoms. The van der Waals surface area contributed by atoms with E-state index in [-0.39, 0.29) is 30.3 Å². The van der Waals surface area contributed by atoms with Gasteiger partial charge < -0.3 is 5.32 Å². The lowest BCUT2D eigenvalue weighted by atomic mass is 10.1. The number of benzene rings is 2. The van der Waals surface area contributed by atoms with Crippen molar-refractivity contribution in [2.75, 3.05) is 5.32 Å². The Bertz CT molecular complexity index is 856. The van der Waals surface area contributed by atoms with Crippen LogP contribution < -0.4 is 10.5 Å². The summed E-state index contributed by atoms with van der Waals surface area (Å²) in [5.41, 5.74) is 1.41. The highest BCUT2D eigenvalue weighted by molar-refractivity contribution is 9.10. The van der Waals surface area contributed by atoms with Gasteiger partial charge in [-0.1, -0.05) is 34.1 Å². The first-order chi connectivity index (χ1) is 11.2. The van der Waals surface area contributed by atoms with E-state index in [4.69, 9.17) is 5.14 Å². The van der Waals surface area contributed by atoms with Crippen LogP contribution in [-0.4, -0.2) is 14.3 Å². The molecule has 128 valence electrons. The number of nitrogens with one attached hydrogen (secondary N) is 1. The summed E-state index contributed by atoms with van der Waals surface area (Å²) in [5.74, 6) is -0.960. The summed E-state index contributed by atoms with van der Waals surface area (Å²) in [6.45, 7) is 0. The summed E-state index contributed by atoms with van der Waals surface area (Å²) < 4.78 is 36.5. The predicted octanol–water partition coefficient (Wildman–Crippen LogP) is 2.95. The quantitative estimate of drug-likeness (QED) is 0.761. The Balaban J connectivity index is 1.96. The normalized spacial score (nSPS) is 11.3. The number of primary sulfonamides is 1. The molecular weight excluding hydrogens is 399 g/mol. The zero-order valence-corrected chi connectivity index (χ0v) is 15.0. The number of anilines is 1. The van der Waals surface area contributed by atoms with Crippen molar-refractivity contribution in [2.24, 2.45) is 5.14 Å². The average molecular weight is 415 g/mol. The number of carbonyl (C=O) groups excluding carboxylic acids is 1. The van der Waals surface area contributed by atoms with E-state index in [0.717, 1.165) is 0 Å². The molecule has 0 bridgehead atoms. The van der Waals surface area contributed by atoms with Gasteiger partial charge in [0, 0.05) is 16.6 Å². The summed E-state index contributed by atoms with van der Waals surface area (Å²) >= 11 is 3.18. The Hall–Kier alpha value is -1.77. The number of hydrogen-bond acceptors (Lipinski definition) is 3.